The van der Waals surface area contributed by atoms with Crippen molar-refractivity contribution in [1.29, 1.82) is 0 Å². The molecule has 0 aliphatic rings. The van der Waals surface area contributed by atoms with Crippen LogP contribution < -0.4 is 9.47 Å². The molecule has 22 heavy (non-hydrogen) atoms. The number of hydrogen-bond donors (Lipinski definition) is 0. The van der Waals surface area contributed by atoms with Crippen LogP contribution in [0.15, 0.2) is 48.5 Å². The zero-order chi connectivity index (χ0) is 14.1. The van der Waals surface area contributed by atoms with Crippen LogP contribution in [0.5, 0.6) is 11.5 Å². The number of hydrogen-bond acceptors (Lipinski definition) is 2. The third kappa shape index (κ3) is 9.40. The van der Waals surface area contributed by atoms with E-state index in [4.69, 9.17) is 9.47 Å². The maximum absolute atomic E-state index is 5.13. The molecule has 2 rings (SSSR count). The van der Waals surface area contributed by atoms with Gasteiger partial charge in [0.1, 0.15) is 11.5 Å². The standard InChI is InChI=1S/C15H16O2.C2H6.CH3.2Y/c1-16-14-7-3-12(4-8-14)11-13-5-9-15(17-2)10-6-13;1-2;;;/h3-10H,11H2,1-2H3;1-2H3;1H3;;/q;;-1;;. The topological polar surface area (TPSA) is 18.5 Å². The first-order valence-electron chi connectivity index (χ1n) is 6.57. The summed E-state index contributed by atoms with van der Waals surface area (Å²) in [6, 6.07) is 16.3. The minimum absolute atomic E-state index is 0. The minimum atomic E-state index is 0. The van der Waals surface area contributed by atoms with Gasteiger partial charge < -0.3 is 16.9 Å². The van der Waals surface area contributed by atoms with Gasteiger partial charge >= 0.3 is 0 Å². The van der Waals surface area contributed by atoms with E-state index in [1.165, 1.54) is 11.1 Å². The fraction of sp³-hybridized carbons (Fsp3) is 0.278. The second kappa shape index (κ2) is 16.1. The van der Waals surface area contributed by atoms with Crippen molar-refractivity contribution in [3.05, 3.63) is 67.1 Å². The average Bonchev–Trinajstić information content (AvgIpc) is 2.51. The predicted molar refractivity (Wildman–Crippen MR) is 86.6 cm³/mol. The van der Waals surface area contributed by atoms with Crippen LogP contribution in [0.1, 0.15) is 25.0 Å². The van der Waals surface area contributed by atoms with E-state index in [1.807, 2.05) is 38.1 Å². The minimum Gasteiger partial charge on any atom is -0.497 e. The average molecular weight is 451 g/mol. The Kier molecular flexibility index (Phi) is 19.9. The normalized spacial score (nSPS) is 8.00. The molecule has 116 valence electrons. The molecular formula is C18H25O2Y2-. The molecular weight excluding hydrogens is 426 g/mol. The summed E-state index contributed by atoms with van der Waals surface area (Å²) in [5.41, 5.74) is 2.55. The Labute approximate surface area is 186 Å². The molecule has 0 N–H and O–H groups in total. The van der Waals surface area contributed by atoms with Crippen LogP contribution in [0.3, 0.4) is 0 Å². The number of benzene rings is 2. The molecule has 2 nitrogen and oxygen atoms in total. The van der Waals surface area contributed by atoms with Gasteiger partial charge in [-0.1, -0.05) is 38.1 Å². The second-order valence-electron chi connectivity index (χ2n) is 3.87. The molecule has 4 heteroatoms. The van der Waals surface area contributed by atoms with Gasteiger partial charge in [-0.15, -0.1) is 0 Å². The van der Waals surface area contributed by atoms with E-state index in [-0.39, 0.29) is 72.8 Å². The maximum atomic E-state index is 5.13. The number of ether oxygens (including phenoxy) is 2. The van der Waals surface area contributed by atoms with Gasteiger partial charge in [0.05, 0.1) is 14.2 Å². The molecule has 2 aromatic carbocycles. The van der Waals surface area contributed by atoms with Gasteiger partial charge in [0.15, 0.2) is 0 Å². The Bertz CT molecular complexity index is 422. The zero-order valence-electron chi connectivity index (χ0n) is 14.3. The molecule has 0 spiro atoms. The van der Waals surface area contributed by atoms with E-state index >= 15 is 0 Å². The Hall–Kier alpha value is 0.248. The van der Waals surface area contributed by atoms with E-state index in [1.54, 1.807) is 14.2 Å². The summed E-state index contributed by atoms with van der Waals surface area (Å²) in [6.07, 6.45) is 0.925. The number of rotatable bonds is 4. The predicted octanol–water partition coefficient (Wildman–Crippen LogP) is 4.77. The van der Waals surface area contributed by atoms with Crippen molar-refractivity contribution in [2.75, 3.05) is 14.2 Å². The summed E-state index contributed by atoms with van der Waals surface area (Å²) < 4.78 is 10.3. The molecule has 0 unspecified atom stereocenters. The molecule has 2 radical (unpaired) electrons. The van der Waals surface area contributed by atoms with E-state index in [0.717, 1.165) is 17.9 Å². The third-order valence-corrected chi connectivity index (χ3v) is 2.73. The van der Waals surface area contributed by atoms with Crippen LogP contribution >= 0.6 is 0 Å². The van der Waals surface area contributed by atoms with Crippen LogP contribution in [-0.2, 0) is 71.8 Å². The Morgan fingerprint density at radius 2 is 0.909 bits per heavy atom. The fourth-order valence-corrected chi connectivity index (χ4v) is 1.72. The molecule has 0 amide bonds. The van der Waals surface area contributed by atoms with Gasteiger partial charge in [-0.05, 0) is 41.8 Å². The van der Waals surface area contributed by atoms with Crippen LogP contribution in [0.25, 0.3) is 0 Å². The molecule has 2 aromatic rings. The van der Waals surface area contributed by atoms with Crippen LogP contribution in [0.4, 0.5) is 0 Å². The van der Waals surface area contributed by atoms with Crippen molar-refractivity contribution in [1.82, 2.24) is 0 Å². The van der Waals surface area contributed by atoms with Crippen LogP contribution in [0.2, 0.25) is 0 Å². The molecule has 0 fully saturated rings. The van der Waals surface area contributed by atoms with Crippen molar-refractivity contribution < 1.29 is 74.9 Å². The molecule has 0 aliphatic carbocycles. The SMILES string of the molecule is CC.COc1ccc(Cc2ccc(OC)cc2)cc1.[CH3-].[Y].[Y]. The Balaban J connectivity index is -0.000000693. The van der Waals surface area contributed by atoms with Gasteiger partial charge in [0.25, 0.3) is 0 Å². The van der Waals surface area contributed by atoms with E-state index in [2.05, 4.69) is 24.3 Å². The largest absolute Gasteiger partial charge is 0.497 e. The summed E-state index contributed by atoms with van der Waals surface area (Å²) in [5.74, 6) is 1.78. The summed E-state index contributed by atoms with van der Waals surface area (Å²) in [6.45, 7) is 4.00. The first-order valence-corrected chi connectivity index (χ1v) is 6.57. The van der Waals surface area contributed by atoms with E-state index < -0.39 is 0 Å². The van der Waals surface area contributed by atoms with Crippen molar-refractivity contribution in [3.8, 4) is 11.5 Å². The van der Waals surface area contributed by atoms with Crippen molar-refractivity contribution in [2.45, 2.75) is 20.3 Å². The fourth-order valence-electron chi connectivity index (χ4n) is 1.72. The quantitative estimate of drug-likeness (QED) is 0.624. The molecule has 0 saturated heterocycles. The molecule has 0 saturated carbocycles. The van der Waals surface area contributed by atoms with Gasteiger partial charge in [-0.25, -0.2) is 0 Å². The van der Waals surface area contributed by atoms with Crippen LogP contribution in [0, 0.1) is 7.43 Å². The zero-order valence-corrected chi connectivity index (χ0v) is 20.0. The third-order valence-electron chi connectivity index (χ3n) is 2.73. The smallest absolute Gasteiger partial charge is 0.118 e. The van der Waals surface area contributed by atoms with Gasteiger partial charge in [-0.2, -0.15) is 0 Å². The molecule has 0 bridgehead atoms. The van der Waals surface area contributed by atoms with E-state index in [0.29, 0.717) is 0 Å². The summed E-state index contributed by atoms with van der Waals surface area (Å²) in [5, 5.41) is 0. The molecule has 0 heterocycles. The Morgan fingerprint density at radius 1 is 0.636 bits per heavy atom. The molecule has 0 aromatic heterocycles. The first-order chi connectivity index (χ1) is 9.31. The van der Waals surface area contributed by atoms with Crippen LogP contribution in [-0.4, -0.2) is 14.2 Å². The summed E-state index contributed by atoms with van der Waals surface area (Å²) in [7, 11) is 3.36. The van der Waals surface area contributed by atoms with Gasteiger partial charge in [0, 0.05) is 65.4 Å². The number of methoxy groups -OCH3 is 2. The summed E-state index contributed by atoms with van der Waals surface area (Å²) in [4.78, 5) is 0. The van der Waals surface area contributed by atoms with Crippen molar-refractivity contribution >= 4 is 0 Å². The molecule has 0 aliphatic heterocycles. The van der Waals surface area contributed by atoms with Gasteiger partial charge in [-0.3, -0.25) is 0 Å². The maximum Gasteiger partial charge on any atom is 0.118 e. The molecule has 0 atom stereocenters. The monoisotopic (exact) mass is 451 g/mol. The first kappa shape index (κ1) is 27.1. The van der Waals surface area contributed by atoms with Crippen molar-refractivity contribution in [3.63, 3.8) is 0 Å². The van der Waals surface area contributed by atoms with E-state index in [9.17, 15) is 0 Å². The second-order valence-corrected chi connectivity index (χ2v) is 3.87. The van der Waals surface area contributed by atoms with Crippen molar-refractivity contribution in [2.24, 2.45) is 0 Å². The Morgan fingerprint density at radius 3 is 1.14 bits per heavy atom. The summed E-state index contributed by atoms with van der Waals surface area (Å²) >= 11 is 0. The van der Waals surface area contributed by atoms with Gasteiger partial charge in [0.2, 0.25) is 0 Å².